The SMILES string of the molecule is O=C(Nc1ccc(N[SH](=O)=O)cc1)Nc1ccc(C(F)(F)F)cc1. The third-order valence-electron chi connectivity index (χ3n) is 2.83. The van der Waals surface area contributed by atoms with E-state index in [0.29, 0.717) is 11.4 Å². The van der Waals surface area contributed by atoms with Crippen LogP contribution in [0.25, 0.3) is 0 Å². The Kier molecular flexibility index (Phi) is 5.29. The van der Waals surface area contributed by atoms with Crippen LogP contribution in [0, 0.1) is 0 Å². The number of urea groups is 1. The fraction of sp³-hybridized carbons (Fsp3) is 0.0714. The molecule has 128 valence electrons. The second-order valence-electron chi connectivity index (χ2n) is 4.60. The highest BCUT2D eigenvalue weighted by molar-refractivity contribution is 7.73. The van der Waals surface area contributed by atoms with Crippen LogP contribution in [0.3, 0.4) is 0 Å². The quantitative estimate of drug-likeness (QED) is 0.632. The second kappa shape index (κ2) is 7.21. The minimum Gasteiger partial charge on any atom is -0.308 e. The average molecular weight is 359 g/mol. The van der Waals surface area contributed by atoms with E-state index in [-0.39, 0.29) is 5.69 Å². The van der Waals surface area contributed by atoms with Crippen LogP contribution < -0.4 is 15.4 Å². The van der Waals surface area contributed by atoms with Gasteiger partial charge in [0.05, 0.1) is 5.56 Å². The Balaban J connectivity index is 1.95. The molecule has 24 heavy (non-hydrogen) atoms. The zero-order valence-electron chi connectivity index (χ0n) is 11.9. The van der Waals surface area contributed by atoms with Crippen LogP contribution in [0.4, 0.5) is 35.0 Å². The smallest absolute Gasteiger partial charge is 0.308 e. The lowest BCUT2D eigenvalue weighted by molar-refractivity contribution is -0.137. The zero-order valence-corrected chi connectivity index (χ0v) is 12.8. The van der Waals surface area contributed by atoms with E-state index >= 15 is 0 Å². The third-order valence-corrected chi connectivity index (χ3v) is 3.27. The Hall–Kier alpha value is -2.75. The van der Waals surface area contributed by atoms with Crippen LogP contribution in [0.1, 0.15) is 5.56 Å². The summed E-state index contributed by atoms with van der Waals surface area (Å²) in [6.07, 6.45) is -4.44. The standard InChI is InChI=1S/C14H12F3N3O3S/c15-14(16,17)9-1-3-10(4-2-9)18-13(21)19-11-5-7-12(8-6-11)20-24(22)23/h1-8,24H,(H2,18,19,21)(H,20,22,23). The Bertz CT molecular complexity index is 780. The van der Waals surface area contributed by atoms with Crippen molar-refractivity contribution in [3.8, 4) is 0 Å². The van der Waals surface area contributed by atoms with Gasteiger partial charge in [-0.2, -0.15) is 13.2 Å². The molecule has 0 aliphatic heterocycles. The first-order valence-electron chi connectivity index (χ1n) is 6.50. The van der Waals surface area contributed by atoms with Gasteiger partial charge in [0.1, 0.15) is 0 Å². The third kappa shape index (κ3) is 5.16. The summed E-state index contributed by atoms with van der Waals surface area (Å²) in [6, 6.07) is 9.17. The molecule has 0 atom stereocenters. The van der Waals surface area contributed by atoms with E-state index in [4.69, 9.17) is 0 Å². The Morgan fingerprint density at radius 1 is 0.792 bits per heavy atom. The molecule has 0 heterocycles. The van der Waals surface area contributed by atoms with Gasteiger partial charge in [-0.1, -0.05) is 0 Å². The van der Waals surface area contributed by atoms with E-state index in [2.05, 4.69) is 15.4 Å². The summed E-state index contributed by atoms with van der Waals surface area (Å²) in [4.78, 5) is 11.8. The molecule has 2 amide bonds. The van der Waals surface area contributed by atoms with Crippen LogP contribution in [0.15, 0.2) is 48.5 Å². The van der Waals surface area contributed by atoms with Crippen molar-refractivity contribution in [2.75, 3.05) is 15.4 Å². The Labute approximate surface area is 136 Å². The van der Waals surface area contributed by atoms with Crippen molar-refractivity contribution >= 4 is 34.0 Å². The predicted molar refractivity (Wildman–Crippen MR) is 84.5 cm³/mol. The predicted octanol–water partition coefficient (Wildman–Crippen LogP) is 3.29. The summed E-state index contributed by atoms with van der Waals surface area (Å²) in [5.41, 5.74) is 0.0984. The highest BCUT2D eigenvalue weighted by atomic mass is 32.2. The number of hydrogen-bond acceptors (Lipinski definition) is 3. The fourth-order valence-corrected chi connectivity index (χ4v) is 2.13. The van der Waals surface area contributed by atoms with Crippen molar-refractivity contribution in [2.24, 2.45) is 0 Å². The maximum Gasteiger partial charge on any atom is 0.416 e. The number of halogens is 3. The molecular weight excluding hydrogens is 347 g/mol. The van der Waals surface area contributed by atoms with E-state index < -0.39 is 28.7 Å². The van der Waals surface area contributed by atoms with Gasteiger partial charge in [0.25, 0.3) is 0 Å². The highest BCUT2D eigenvalue weighted by Gasteiger charge is 2.29. The number of rotatable bonds is 4. The van der Waals surface area contributed by atoms with E-state index in [1.165, 1.54) is 24.3 Å². The summed E-state index contributed by atoms with van der Waals surface area (Å²) < 4.78 is 60.5. The molecule has 0 aliphatic rings. The molecule has 0 fully saturated rings. The number of carbonyl (C=O) groups is 1. The Morgan fingerprint density at radius 2 is 1.21 bits per heavy atom. The number of benzene rings is 2. The lowest BCUT2D eigenvalue weighted by atomic mass is 10.2. The van der Waals surface area contributed by atoms with Gasteiger partial charge in [0.2, 0.25) is 10.9 Å². The molecule has 3 N–H and O–H groups in total. The number of amides is 2. The number of hydrogen-bond donors (Lipinski definition) is 4. The first-order valence-corrected chi connectivity index (χ1v) is 7.68. The lowest BCUT2D eigenvalue weighted by Crippen LogP contribution is -2.19. The van der Waals surface area contributed by atoms with Gasteiger partial charge in [-0.05, 0) is 48.5 Å². The van der Waals surface area contributed by atoms with Crippen LogP contribution in [0.5, 0.6) is 0 Å². The minimum absolute atomic E-state index is 0.196. The minimum atomic E-state index is -4.44. The Morgan fingerprint density at radius 3 is 1.62 bits per heavy atom. The molecule has 0 aliphatic carbocycles. The van der Waals surface area contributed by atoms with Crippen LogP contribution in [-0.4, -0.2) is 14.4 Å². The molecule has 0 spiro atoms. The number of carbonyl (C=O) groups excluding carboxylic acids is 1. The van der Waals surface area contributed by atoms with Crippen molar-refractivity contribution in [3.63, 3.8) is 0 Å². The van der Waals surface area contributed by atoms with Gasteiger partial charge in [-0.15, -0.1) is 0 Å². The monoisotopic (exact) mass is 359 g/mol. The van der Waals surface area contributed by atoms with E-state index in [0.717, 1.165) is 24.3 Å². The van der Waals surface area contributed by atoms with Crippen molar-refractivity contribution in [1.82, 2.24) is 0 Å². The molecular formula is C14H12F3N3O3S. The van der Waals surface area contributed by atoms with Crippen LogP contribution in [0.2, 0.25) is 0 Å². The first-order chi connectivity index (χ1) is 11.2. The number of anilines is 3. The maximum absolute atomic E-state index is 12.4. The molecule has 0 aromatic heterocycles. The number of nitrogens with one attached hydrogen (secondary N) is 3. The molecule has 0 unspecified atom stereocenters. The van der Waals surface area contributed by atoms with Gasteiger partial charge in [-0.25, -0.2) is 13.2 Å². The van der Waals surface area contributed by atoms with Crippen molar-refractivity contribution in [2.45, 2.75) is 6.18 Å². The summed E-state index contributed by atoms with van der Waals surface area (Å²) in [5.74, 6) is 0. The van der Waals surface area contributed by atoms with Gasteiger partial charge in [0, 0.05) is 17.1 Å². The van der Waals surface area contributed by atoms with Crippen LogP contribution >= 0.6 is 0 Å². The van der Waals surface area contributed by atoms with Gasteiger partial charge in [-0.3, -0.25) is 4.72 Å². The van der Waals surface area contributed by atoms with E-state index in [1.54, 1.807) is 0 Å². The normalized spacial score (nSPS) is 11.2. The second-order valence-corrected chi connectivity index (χ2v) is 5.34. The van der Waals surface area contributed by atoms with E-state index in [9.17, 15) is 26.4 Å². The molecule has 6 nitrogen and oxygen atoms in total. The molecule has 2 rings (SSSR count). The molecule has 2 aromatic rings. The van der Waals surface area contributed by atoms with Gasteiger partial charge < -0.3 is 10.6 Å². The zero-order chi connectivity index (χ0) is 17.7. The van der Waals surface area contributed by atoms with Gasteiger partial charge >= 0.3 is 12.2 Å². The first kappa shape index (κ1) is 17.6. The summed E-state index contributed by atoms with van der Waals surface area (Å²) in [5, 5.41) is 4.85. The highest BCUT2D eigenvalue weighted by Crippen LogP contribution is 2.29. The van der Waals surface area contributed by atoms with Crippen LogP contribution in [-0.2, 0) is 17.1 Å². The lowest BCUT2D eigenvalue weighted by Gasteiger charge is -2.10. The van der Waals surface area contributed by atoms with Crippen molar-refractivity contribution in [3.05, 3.63) is 54.1 Å². The summed E-state index contributed by atoms with van der Waals surface area (Å²) in [7, 11) is -2.78. The maximum atomic E-state index is 12.4. The number of alkyl halides is 3. The summed E-state index contributed by atoms with van der Waals surface area (Å²) in [6.45, 7) is 0. The summed E-state index contributed by atoms with van der Waals surface area (Å²) >= 11 is 0. The largest absolute Gasteiger partial charge is 0.416 e. The van der Waals surface area contributed by atoms with Gasteiger partial charge in [0.15, 0.2) is 0 Å². The van der Waals surface area contributed by atoms with E-state index in [1.807, 2.05) is 0 Å². The fourth-order valence-electron chi connectivity index (χ4n) is 1.77. The molecule has 0 radical (unpaired) electrons. The molecule has 2 aromatic carbocycles. The van der Waals surface area contributed by atoms with Crippen molar-refractivity contribution < 1.29 is 26.4 Å². The topological polar surface area (TPSA) is 87.3 Å². The average Bonchev–Trinajstić information content (AvgIpc) is 2.48. The molecule has 0 bridgehead atoms. The molecule has 10 heteroatoms. The molecule has 0 saturated heterocycles. The number of thiol groups is 1. The molecule has 0 saturated carbocycles. The van der Waals surface area contributed by atoms with Crippen molar-refractivity contribution in [1.29, 1.82) is 0 Å².